The highest BCUT2D eigenvalue weighted by Crippen LogP contribution is 2.21. The first kappa shape index (κ1) is 12.9. The van der Waals surface area contributed by atoms with Crippen molar-refractivity contribution in [2.24, 2.45) is 5.92 Å². The van der Waals surface area contributed by atoms with Gasteiger partial charge in [-0.25, -0.2) is 4.98 Å². The van der Waals surface area contributed by atoms with E-state index in [-0.39, 0.29) is 5.91 Å². The molecule has 0 unspecified atom stereocenters. The minimum atomic E-state index is -0.0000398. The average Bonchev–Trinajstić information content (AvgIpc) is 2.37. The summed E-state index contributed by atoms with van der Waals surface area (Å²) < 4.78 is 0. The maximum atomic E-state index is 10.9. The van der Waals surface area contributed by atoms with E-state index >= 15 is 0 Å². The number of nitrogens with one attached hydrogen (secondary N) is 1. The first-order chi connectivity index (χ1) is 8.65. The van der Waals surface area contributed by atoms with Crippen LogP contribution >= 0.6 is 0 Å². The maximum Gasteiger partial charge on any atom is 0.217 e. The van der Waals surface area contributed by atoms with Crippen LogP contribution in [-0.4, -0.2) is 24.0 Å². The van der Waals surface area contributed by atoms with E-state index in [9.17, 15) is 4.79 Å². The standard InChI is InChI=1S/C14H21N3O/c1-11-4-3-7-17(10-11)14-8-13(5-6-15-14)9-16-12(2)18/h5-6,8,11H,3-4,7,9-10H2,1-2H3,(H,16,18)/t11-/m0/s1. The number of hydrogen-bond acceptors (Lipinski definition) is 3. The Morgan fingerprint density at radius 2 is 2.44 bits per heavy atom. The van der Waals surface area contributed by atoms with Crippen molar-refractivity contribution < 1.29 is 4.79 Å². The summed E-state index contributed by atoms with van der Waals surface area (Å²) in [5.41, 5.74) is 1.11. The fourth-order valence-corrected chi connectivity index (χ4v) is 2.37. The third kappa shape index (κ3) is 3.45. The number of piperidine rings is 1. The van der Waals surface area contributed by atoms with E-state index in [1.807, 2.05) is 12.3 Å². The predicted octanol–water partition coefficient (Wildman–Crippen LogP) is 1.95. The summed E-state index contributed by atoms with van der Waals surface area (Å²) in [5.74, 6) is 1.77. The molecule has 1 N–H and O–H groups in total. The smallest absolute Gasteiger partial charge is 0.217 e. The molecule has 98 valence electrons. The lowest BCUT2D eigenvalue weighted by Crippen LogP contribution is -2.34. The molecule has 1 saturated heterocycles. The summed E-state index contributed by atoms with van der Waals surface area (Å²) in [6, 6.07) is 4.03. The summed E-state index contributed by atoms with van der Waals surface area (Å²) in [5, 5.41) is 2.82. The zero-order valence-electron chi connectivity index (χ0n) is 11.1. The van der Waals surface area contributed by atoms with Crippen molar-refractivity contribution in [3.05, 3.63) is 23.9 Å². The van der Waals surface area contributed by atoms with Gasteiger partial charge in [0.1, 0.15) is 5.82 Å². The molecule has 1 aromatic heterocycles. The van der Waals surface area contributed by atoms with Crippen LogP contribution in [0.1, 0.15) is 32.3 Å². The van der Waals surface area contributed by atoms with Crippen LogP contribution in [0.5, 0.6) is 0 Å². The molecule has 1 aromatic rings. The van der Waals surface area contributed by atoms with E-state index in [2.05, 4.69) is 28.2 Å². The second-order valence-electron chi connectivity index (χ2n) is 5.13. The molecule has 0 bridgehead atoms. The van der Waals surface area contributed by atoms with Gasteiger partial charge in [0.15, 0.2) is 0 Å². The summed E-state index contributed by atoms with van der Waals surface area (Å²) in [6.45, 7) is 6.56. The Morgan fingerprint density at radius 3 is 3.17 bits per heavy atom. The number of pyridine rings is 1. The van der Waals surface area contributed by atoms with Crippen LogP contribution in [0.4, 0.5) is 5.82 Å². The van der Waals surface area contributed by atoms with Crippen LogP contribution in [0, 0.1) is 5.92 Å². The molecular weight excluding hydrogens is 226 g/mol. The highest BCUT2D eigenvalue weighted by atomic mass is 16.1. The van der Waals surface area contributed by atoms with E-state index in [1.54, 1.807) is 0 Å². The van der Waals surface area contributed by atoms with Gasteiger partial charge < -0.3 is 10.2 Å². The van der Waals surface area contributed by atoms with Crippen molar-refractivity contribution in [3.8, 4) is 0 Å². The first-order valence-electron chi connectivity index (χ1n) is 6.59. The van der Waals surface area contributed by atoms with Gasteiger partial charge in [0.2, 0.25) is 5.91 Å². The molecule has 0 aromatic carbocycles. The lowest BCUT2D eigenvalue weighted by Gasteiger charge is -2.32. The van der Waals surface area contributed by atoms with Crippen molar-refractivity contribution >= 4 is 11.7 Å². The monoisotopic (exact) mass is 247 g/mol. The highest BCUT2D eigenvalue weighted by molar-refractivity contribution is 5.72. The molecule has 1 amide bonds. The average molecular weight is 247 g/mol. The highest BCUT2D eigenvalue weighted by Gasteiger charge is 2.17. The number of carbonyl (C=O) groups excluding carboxylic acids is 1. The second-order valence-corrected chi connectivity index (χ2v) is 5.13. The number of aromatic nitrogens is 1. The molecule has 1 fully saturated rings. The van der Waals surface area contributed by atoms with Crippen LogP contribution in [0.3, 0.4) is 0 Å². The van der Waals surface area contributed by atoms with Crippen LogP contribution in [0.25, 0.3) is 0 Å². The van der Waals surface area contributed by atoms with Crippen molar-refractivity contribution in [2.45, 2.75) is 33.2 Å². The molecular formula is C14H21N3O. The maximum absolute atomic E-state index is 10.9. The minimum Gasteiger partial charge on any atom is -0.356 e. The van der Waals surface area contributed by atoms with Crippen molar-refractivity contribution in [3.63, 3.8) is 0 Å². The second kappa shape index (κ2) is 5.85. The van der Waals surface area contributed by atoms with Gasteiger partial charge in [-0.05, 0) is 36.5 Å². The molecule has 0 spiro atoms. The molecule has 2 rings (SSSR count). The van der Waals surface area contributed by atoms with Crippen LogP contribution in [0.2, 0.25) is 0 Å². The Morgan fingerprint density at radius 1 is 1.61 bits per heavy atom. The van der Waals surface area contributed by atoms with Crippen molar-refractivity contribution in [1.29, 1.82) is 0 Å². The Labute approximate surface area is 108 Å². The van der Waals surface area contributed by atoms with Gasteiger partial charge in [-0.2, -0.15) is 0 Å². The summed E-state index contributed by atoms with van der Waals surface area (Å²) >= 11 is 0. The lowest BCUT2D eigenvalue weighted by atomic mass is 10.0. The van der Waals surface area contributed by atoms with Crippen molar-refractivity contribution in [2.75, 3.05) is 18.0 Å². The van der Waals surface area contributed by atoms with E-state index in [1.165, 1.54) is 19.8 Å². The molecule has 0 aliphatic carbocycles. The molecule has 0 saturated carbocycles. The Balaban J connectivity index is 2.04. The fraction of sp³-hybridized carbons (Fsp3) is 0.571. The molecule has 18 heavy (non-hydrogen) atoms. The zero-order valence-corrected chi connectivity index (χ0v) is 11.1. The predicted molar refractivity (Wildman–Crippen MR) is 72.4 cm³/mol. The molecule has 1 aliphatic rings. The van der Waals surface area contributed by atoms with Gasteiger partial charge in [0, 0.05) is 32.8 Å². The van der Waals surface area contributed by atoms with Gasteiger partial charge in [0.05, 0.1) is 0 Å². The fourth-order valence-electron chi connectivity index (χ4n) is 2.37. The molecule has 2 heterocycles. The third-order valence-electron chi connectivity index (χ3n) is 3.33. The summed E-state index contributed by atoms with van der Waals surface area (Å²) in [4.78, 5) is 17.7. The summed E-state index contributed by atoms with van der Waals surface area (Å²) in [7, 11) is 0. The normalized spacial score (nSPS) is 19.7. The number of carbonyl (C=O) groups is 1. The Hall–Kier alpha value is -1.58. The summed E-state index contributed by atoms with van der Waals surface area (Å²) in [6.07, 6.45) is 4.37. The van der Waals surface area contributed by atoms with Crippen LogP contribution in [-0.2, 0) is 11.3 Å². The molecule has 4 nitrogen and oxygen atoms in total. The van der Waals surface area contributed by atoms with Crippen LogP contribution < -0.4 is 10.2 Å². The van der Waals surface area contributed by atoms with Crippen molar-refractivity contribution in [1.82, 2.24) is 10.3 Å². The van der Waals surface area contributed by atoms with E-state index in [4.69, 9.17) is 0 Å². The topological polar surface area (TPSA) is 45.2 Å². The molecule has 1 atom stereocenters. The largest absolute Gasteiger partial charge is 0.356 e. The number of rotatable bonds is 3. The van der Waals surface area contributed by atoms with Gasteiger partial charge in [-0.15, -0.1) is 0 Å². The van der Waals surface area contributed by atoms with E-state index in [0.717, 1.165) is 30.4 Å². The zero-order chi connectivity index (χ0) is 13.0. The Kier molecular flexibility index (Phi) is 4.18. The van der Waals surface area contributed by atoms with Gasteiger partial charge in [-0.3, -0.25) is 4.79 Å². The molecule has 1 aliphatic heterocycles. The van der Waals surface area contributed by atoms with Gasteiger partial charge >= 0.3 is 0 Å². The first-order valence-corrected chi connectivity index (χ1v) is 6.59. The quantitative estimate of drug-likeness (QED) is 0.888. The van der Waals surface area contributed by atoms with Crippen LogP contribution in [0.15, 0.2) is 18.3 Å². The number of anilines is 1. The van der Waals surface area contributed by atoms with E-state index < -0.39 is 0 Å². The van der Waals surface area contributed by atoms with Gasteiger partial charge in [-0.1, -0.05) is 6.92 Å². The third-order valence-corrected chi connectivity index (χ3v) is 3.33. The van der Waals surface area contributed by atoms with E-state index in [0.29, 0.717) is 6.54 Å². The SMILES string of the molecule is CC(=O)NCc1ccnc(N2CCC[C@H](C)C2)c1. The minimum absolute atomic E-state index is 0.0000398. The number of nitrogens with zero attached hydrogens (tertiary/aromatic N) is 2. The molecule has 4 heteroatoms. The number of hydrogen-bond donors (Lipinski definition) is 1. The number of amides is 1. The Bertz CT molecular complexity index is 419. The molecule has 0 radical (unpaired) electrons. The van der Waals surface area contributed by atoms with Gasteiger partial charge in [0.25, 0.3) is 0 Å². The lowest BCUT2D eigenvalue weighted by molar-refractivity contribution is -0.119.